The van der Waals surface area contributed by atoms with Crippen molar-refractivity contribution in [3.63, 3.8) is 0 Å². The molecule has 0 aliphatic carbocycles. The Morgan fingerprint density at radius 1 is 1.30 bits per heavy atom. The zero-order chi connectivity index (χ0) is 14.5. The molecule has 1 aromatic heterocycles. The molecule has 1 heterocycles. The molecule has 0 saturated carbocycles. The Bertz CT molecular complexity index is 598. The van der Waals surface area contributed by atoms with Crippen LogP contribution in [0.25, 0.3) is 0 Å². The first-order valence-corrected chi connectivity index (χ1v) is 8.27. The van der Waals surface area contributed by atoms with Crippen LogP contribution in [0.1, 0.15) is 11.4 Å². The van der Waals surface area contributed by atoms with E-state index in [2.05, 4.69) is 15.5 Å². The van der Waals surface area contributed by atoms with E-state index in [0.29, 0.717) is 27.9 Å². The van der Waals surface area contributed by atoms with Gasteiger partial charge in [0.2, 0.25) is 5.91 Å². The number of nitrogens with zero attached hydrogens (tertiary/aromatic N) is 2. The fourth-order valence-electron chi connectivity index (χ4n) is 1.42. The maximum Gasteiger partial charge on any atom is 0.225 e. The highest BCUT2D eigenvalue weighted by atomic mass is 35.5. The van der Waals surface area contributed by atoms with E-state index >= 15 is 0 Å². The van der Waals surface area contributed by atoms with Crippen LogP contribution >= 0.6 is 46.3 Å². The molecular formula is C12H11Cl2N3OS2. The van der Waals surface area contributed by atoms with Crippen LogP contribution in [0.3, 0.4) is 0 Å². The fourth-order valence-corrected chi connectivity index (χ4v) is 3.77. The lowest BCUT2D eigenvalue weighted by Gasteiger charge is -2.05. The van der Waals surface area contributed by atoms with E-state index in [9.17, 15) is 4.79 Å². The summed E-state index contributed by atoms with van der Waals surface area (Å²) in [6.07, 6.45) is 0.382. The third kappa shape index (κ3) is 4.94. The van der Waals surface area contributed by atoms with Gasteiger partial charge in [0.1, 0.15) is 5.01 Å². The van der Waals surface area contributed by atoms with Gasteiger partial charge in [-0.3, -0.25) is 4.79 Å². The zero-order valence-electron chi connectivity index (χ0n) is 10.5. The van der Waals surface area contributed by atoms with Gasteiger partial charge in [-0.05, 0) is 25.1 Å². The SMILES string of the molecule is Cc1nnc(SCCC(=O)Nc2cc(Cl)cc(Cl)c2)s1. The number of hydrogen-bond acceptors (Lipinski definition) is 5. The minimum atomic E-state index is -0.0860. The minimum absolute atomic E-state index is 0.0860. The summed E-state index contributed by atoms with van der Waals surface area (Å²) in [7, 11) is 0. The molecule has 1 amide bonds. The molecule has 0 aliphatic rings. The van der Waals surface area contributed by atoms with Gasteiger partial charge in [-0.25, -0.2) is 0 Å². The molecule has 1 aromatic carbocycles. The Morgan fingerprint density at radius 3 is 2.60 bits per heavy atom. The van der Waals surface area contributed by atoms with Crippen LogP contribution in [0.4, 0.5) is 5.69 Å². The quantitative estimate of drug-likeness (QED) is 0.820. The number of carbonyl (C=O) groups excluding carboxylic acids is 1. The first-order chi connectivity index (χ1) is 9.52. The Hall–Kier alpha value is -0.820. The summed E-state index contributed by atoms with van der Waals surface area (Å²) in [5.41, 5.74) is 0.601. The van der Waals surface area contributed by atoms with Crippen molar-refractivity contribution in [1.29, 1.82) is 0 Å². The summed E-state index contributed by atoms with van der Waals surface area (Å²) in [6, 6.07) is 4.94. The predicted molar refractivity (Wildman–Crippen MR) is 85.1 cm³/mol. The smallest absolute Gasteiger partial charge is 0.225 e. The molecule has 2 aromatic rings. The van der Waals surface area contributed by atoms with Crippen LogP contribution in [0.5, 0.6) is 0 Å². The van der Waals surface area contributed by atoms with Gasteiger partial charge in [-0.1, -0.05) is 46.3 Å². The number of anilines is 1. The summed E-state index contributed by atoms with van der Waals surface area (Å²) in [5.74, 6) is 0.562. The van der Waals surface area contributed by atoms with Crippen LogP contribution in [0.15, 0.2) is 22.5 Å². The number of amides is 1. The third-order valence-electron chi connectivity index (χ3n) is 2.21. The summed E-state index contributed by atoms with van der Waals surface area (Å²) in [6.45, 7) is 1.90. The van der Waals surface area contributed by atoms with Crippen LogP contribution in [0, 0.1) is 6.92 Å². The third-order valence-corrected chi connectivity index (χ3v) is 4.62. The number of rotatable bonds is 5. The molecule has 8 heteroatoms. The van der Waals surface area contributed by atoms with E-state index in [1.165, 1.54) is 23.1 Å². The van der Waals surface area contributed by atoms with Crippen molar-refractivity contribution in [3.8, 4) is 0 Å². The first kappa shape index (κ1) is 15.6. The monoisotopic (exact) mass is 347 g/mol. The molecule has 0 atom stereocenters. The highest BCUT2D eigenvalue weighted by Gasteiger charge is 2.06. The van der Waals surface area contributed by atoms with Crippen LogP contribution < -0.4 is 5.32 Å². The molecule has 2 rings (SSSR count). The Morgan fingerprint density at radius 2 is 2.00 bits per heavy atom. The van der Waals surface area contributed by atoms with Gasteiger partial charge >= 0.3 is 0 Å². The molecular weight excluding hydrogens is 337 g/mol. The van der Waals surface area contributed by atoms with Crippen LogP contribution in [-0.2, 0) is 4.79 Å². The summed E-state index contributed by atoms with van der Waals surface area (Å²) in [4.78, 5) is 11.8. The van der Waals surface area contributed by atoms with E-state index in [1.807, 2.05) is 6.92 Å². The molecule has 0 spiro atoms. The highest BCUT2D eigenvalue weighted by Crippen LogP contribution is 2.24. The summed E-state index contributed by atoms with van der Waals surface area (Å²) < 4.78 is 0.876. The topological polar surface area (TPSA) is 54.9 Å². The average Bonchev–Trinajstić information content (AvgIpc) is 2.73. The highest BCUT2D eigenvalue weighted by molar-refractivity contribution is 8.01. The number of aromatic nitrogens is 2. The van der Waals surface area contributed by atoms with Crippen molar-refractivity contribution in [2.45, 2.75) is 17.7 Å². The Balaban J connectivity index is 1.80. The standard InChI is InChI=1S/C12H11Cl2N3OS2/c1-7-16-17-12(20-7)19-3-2-11(18)15-10-5-8(13)4-9(14)6-10/h4-6H,2-3H2,1H3,(H,15,18). The zero-order valence-corrected chi connectivity index (χ0v) is 13.7. The van der Waals surface area contributed by atoms with Gasteiger partial charge in [-0.15, -0.1) is 10.2 Å². The minimum Gasteiger partial charge on any atom is -0.326 e. The number of benzene rings is 1. The van der Waals surface area contributed by atoms with Gasteiger partial charge in [-0.2, -0.15) is 0 Å². The van der Waals surface area contributed by atoms with Gasteiger partial charge in [0.15, 0.2) is 4.34 Å². The van der Waals surface area contributed by atoms with Crippen LogP contribution in [0.2, 0.25) is 10.0 Å². The first-order valence-electron chi connectivity index (χ1n) is 5.72. The molecule has 0 saturated heterocycles. The summed E-state index contributed by atoms with van der Waals surface area (Å²) in [5, 5.41) is 12.6. The van der Waals surface area contributed by atoms with E-state index in [0.717, 1.165) is 9.35 Å². The van der Waals surface area contributed by atoms with Crippen molar-refractivity contribution in [2.24, 2.45) is 0 Å². The molecule has 20 heavy (non-hydrogen) atoms. The molecule has 0 bridgehead atoms. The number of nitrogens with one attached hydrogen (secondary N) is 1. The second kappa shape index (κ2) is 7.26. The number of aryl methyl sites for hydroxylation is 1. The van der Waals surface area contributed by atoms with E-state index in [4.69, 9.17) is 23.2 Å². The average molecular weight is 348 g/mol. The van der Waals surface area contributed by atoms with Gasteiger partial charge < -0.3 is 5.32 Å². The number of carbonyl (C=O) groups is 1. The summed E-state index contributed by atoms with van der Waals surface area (Å²) >= 11 is 14.8. The largest absolute Gasteiger partial charge is 0.326 e. The number of halogens is 2. The van der Waals surface area contributed by atoms with Gasteiger partial charge in [0.25, 0.3) is 0 Å². The van der Waals surface area contributed by atoms with Crippen LogP contribution in [-0.4, -0.2) is 21.9 Å². The molecule has 0 fully saturated rings. The fraction of sp³-hybridized carbons (Fsp3) is 0.250. The van der Waals surface area contributed by atoms with Crippen molar-refractivity contribution >= 4 is 57.9 Å². The van der Waals surface area contributed by atoms with Gasteiger partial charge in [0.05, 0.1) is 0 Å². The van der Waals surface area contributed by atoms with Crippen molar-refractivity contribution in [1.82, 2.24) is 10.2 Å². The molecule has 1 N–H and O–H groups in total. The van der Waals surface area contributed by atoms with Crippen molar-refractivity contribution < 1.29 is 4.79 Å². The lowest BCUT2D eigenvalue weighted by atomic mass is 10.3. The number of thioether (sulfide) groups is 1. The normalized spacial score (nSPS) is 10.6. The van der Waals surface area contributed by atoms with E-state index < -0.39 is 0 Å². The second-order valence-corrected chi connectivity index (χ2v) is 7.29. The Kier molecular flexibility index (Phi) is 5.65. The van der Waals surface area contributed by atoms with Gasteiger partial charge in [0, 0.05) is 27.9 Å². The second-order valence-electron chi connectivity index (χ2n) is 3.89. The predicted octanol–water partition coefficient (Wildman–Crippen LogP) is 4.27. The molecule has 4 nitrogen and oxygen atoms in total. The molecule has 0 aliphatic heterocycles. The molecule has 106 valence electrons. The maximum absolute atomic E-state index is 11.8. The maximum atomic E-state index is 11.8. The van der Waals surface area contributed by atoms with Crippen molar-refractivity contribution in [2.75, 3.05) is 11.1 Å². The Labute approximate surface area is 134 Å². The van der Waals surface area contributed by atoms with E-state index in [1.54, 1.807) is 18.2 Å². The molecule has 0 radical (unpaired) electrons. The lowest BCUT2D eigenvalue weighted by molar-refractivity contribution is -0.115. The van der Waals surface area contributed by atoms with Crippen molar-refractivity contribution in [3.05, 3.63) is 33.3 Å². The number of hydrogen-bond donors (Lipinski definition) is 1. The van der Waals surface area contributed by atoms with E-state index in [-0.39, 0.29) is 5.91 Å². The molecule has 0 unspecified atom stereocenters. The lowest BCUT2D eigenvalue weighted by Crippen LogP contribution is -2.12.